The largest absolute Gasteiger partial charge is 0.481 e. The van der Waals surface area contributed by atoms with Crippen molar-refractivity contribution in [1.29, 1.82) is 0 Å². The third-order valence-electron chi connectivity index (χ3n) is 14.7. The number of ether oxygens (including phenoxy) is 3. The number of aliphatic hydroxyl groups is 10. The Bertz CT molecular complexity index is 1900. The highest BCUT2D eigenvalue weighted by Crippen LogP contribution is 2.36. The number of unbranched alkanes of at least 4 members (excludes halogenated alkanes) is 2. The Morgan fingerprint density at radius 1 is 0.816 bits per heavy atom. The van der Waals surface area contributed by atoms with E-state index in [2.05, 4.69) is 27.8 Å². The van der Waals surface area contributed by atoms with Crippen molar-refractivity contribution < 1.29 is 84.8 Å². The first-order valence-electron chi connectivity index (χ1n) is 27.2. The van der Waals surface area contributed by atoms with Crippen LogP contribution in [0, 0.1) is 29.6 Å². The maximum Gasteiger partial charge on any atom is 0.331 e. The van der Waals surface area contributed by atoms with Gasteiger partial charge in [0.25, 0.3) is 0 Å². The number of aliphatic carboxylic acids is 1. The molecule has 0 aromatic heterocycles. The fourth-order valence-corrected chi connectivity index (χ4v) is 9.52. The van der Waals surface area contributed by atoms with Crippen LogP contribution < -0.4 is 10.6 Å². The summed E-state index contributed by atoms with van der Waals surface area (Å²) in [5, 5.41) is 126. The Labute approximate surface area is 450 Å². The molecule has 436 valence electrons. The van der Waals surface area contributed by atoms with Crippen LogP contribution in [0.5, 0.6) is 0 Å². The number of cyclic esters (lactones) is 1. The van der Waals surface area contributed by atoms with Gasteiger partial charge in [-0.15, -0.1) is 0 Å². The number of hydrogen-bond acceptors (Lipinski definition) is 17. The van der Waals surface area contributed by atoms with Gasteiger partial charge in [0.2, 0.25) is 0 Å². The molecule has 13 N–H and O–H groups in total. The molecule has 0 unspecified atom stereocenters. The van der Waals surface area contributed by atoms with E-state index in [0.29, 0.717) is 5.57 Å². The van der Waals surface area contributed by atoms with Gasteiger partial charge in [0.05, 0.1) is 54.9 Å². The van der Waals surface area contributed by atoms with Gasteiger partial charge in [0.15, 0.2) is 11.7 Å². The monoisotopic (exact) mass is 1080 g/mol. The van der Waals surface area contributed by atoms with E-state index in [4.69, 9.17) is 14.2 Å². The Hall–Kier alpha value is -4.06. The van der Waals surface area contributed by atoms with Crippen LogP contribution >= 0.6 is 0 Å². The van der Waals surface area contributed by atoms with E-state index < -0.39 is 128 Å². The van der Waals surface area contributed by atoms with Crippen LogP contribution in [0.25, 0.3) is 0 Å². The fraction of sp³-hybridized carbons (Fsp3) is 0.750. The number of carbonyl (C=O) groups excluding carboxylic acids is 2. The highest BCUT2D eigenvalue weighted by molar-refractivity contribution is 5.90. The normalized spacial score (nSPS) is 37.5. The van der Waals surface area contributed by atoms with Gasteiger partial charge in [-0.1, -0.05) is 83.2 Å². The van der Waals surface area contributed by atoms with Crippen molar-refractivity contribution in [1.82, 2.24) is 10.6 Å². The molecule has 2 aliphatic heterocycles. The number of aliphatic imine (C=N–C) groups is 1. The van der Waals surface area contributed by atoms with Crippen LogP contribution in [0.2, 0.25) is 0 Å². The Morgan fingerprint density at radius 3 is 2.13 bits per heavy atom. The van der Waals surface area contributed by atoms with E-state index in [1.54, 1.807) is 59.0 Å². The average Bonchev–Trinajstić information content (AvgIpc) is 3.34. The summed E-state index contributed by atoms with van der Waals surface area (Å²) < 4.78 is 17.4. The fourth-order valence-electron chi connectivity index (χ4n) is 9.52. The first kappa shape index (κ1) is 68.0. The number of hydrogen-bond donors (Lipinski definition) is 13. The van der Waals surface area contributed by atoms with E-state index in [1.165, 1.54) is 12.2 Å². The van der Waals surface area contributed by atoms with Crippen LogP contribution in [-0.4, -0.2) is 180 Å². The lowest BCUT2D eigenvalue weighted by atomic mass is 9.84. The summed E-state index contributed by atoms with van der Waals surface area (Å²) in [4.78, 5) is 41.3. The van der Waals surface area contributed by atoms with Crippen LogP contribution in [0.3, 0.4) is 0 Å². The van der Waals surface area contributed by atoms with Gasteiger partial charge in [0, 0.05) is 83.0 Å². The highest BCUT2D eigenvalue weighted by atomic mass is 16.7. The van der Waals surface area contributed by atoms with Gasteiger partial charge < -0.3 is 81.0 Å². The number of nitrogens with zero attached hydrogens (tertiary/aromatic N) is 1. The van der Waals surface area contributed by atoms with Gasteiger partial charge in [-0.2, -0.15) is 0 Å². The molecule has 0 aromatic carbocycles. The number of nitrogens with one attached hydrogen (secondary N) is 2. The van der Waals surface area contributed by atoms with Crippen LogP contribution in [0.4, 0.5) is 0 Å². The number of guanidine groups is 1. The molecule has 2 heterocycles. The first-order chi connectivity index (χ1) is 35.8. The third-order valence-corrected chi connectivity index (χ3v) is 14.7. The van der Waals surface area contributed by atoms with Crippen molar-refractivity contribution >= 4 is 23.9 Å². The van der Waals surface area contributed by atoms with Crippen molar-refractivity contribution in [3.05, 3.63) is 60.3 Å². The maximum atomic E-state index is 13.3. The van der Waals surface area contributed by atoms with Crippen molar-refractivity contribution in [2.75, 3.05) is 20.6 Å². The lowest BCUT2D eigenvalue weighted by molar-refractivity contribution is -0.333. The predicted molar refractivity (Wildman–Crippen MR) is 287 cm³/mol. The van der Waals surface area contributed by atoms with Gasteiger partial charge >= 0.3 is 17.9 Å². The minimum atomic E-state index is -2.52. The molecule has 0 aromatic rings. The Morgan fingerprint density at radius 2 is 1.47 bits per heavy atom. The van der Waals surface area contributed by atoms with Crippen molar-refractivity contribution in [2.24, 2.45) is 34.6 Å². The van der Waals surface area contributed by atoms with Crippen LogP contribution in [0.15, 0.2) is 65.2 Å². The Kier molecular flexibility index (Phi) is 31.7. The summed E-state index contributed by atoms with van der Waals surface area (Å²) in [7, 11) is 3.53. The summed E-state index contributed by atoms with van der Waals surface area (Å²) in [5.41, 5.74) is 0.484. The highest BCUT2D eigenvalue weighted by Gasteiger charge is 2.50. The zero-order chi connectivity index (χ0) is 57.1. The summed E-state index contributed by atoms with van der Waals surface area (Å²) in [6.07, 6.45) is 2.44. The SMILES string of the molecule is CN=C(NC)NCCC/C=C/CCC[C@H](C)[C@@H]1OC(=O)/C=C/C=C/[C@H](C)[C@H](O)C[C@H](O)[C@@H](C)[C@@H](O)CC[C@H](C)[C@H](O)C[C@@]2(O)O[C@@H](C[C@@H](OC(=O)CC(=O)O)C[C@H](O)C[C@H](O)C[C@@H](O)/C(C)=C/C=C/[C@@H]1C)C[C@H](O)[C@@H]2O. The van der Waals surface area contributed by atoms with Gasteiger partial charge in [-0.3, -0.25) is 14.6 Å². The number of carboxylic acid groups (broad SMARTS) is 1. The minimum Gasteiger partial charge on any atom is -0.481 e. The quantitative estimate of drug-likeness (QED) is 0.0333. The molecule has 18 atom stereocenters. The molecule has 0 amide bonds. The molecule has 1 fully saturated rings. The summed E-state index contributed by atoms with van der Waals surface area (Å²) in [6, 6.07) is 0. The molecule has 2 aliphatic rings. The molecule has 20 heteroatoms. The molecular weight excluding hydrogens is 987 g/mol. The molecule has 1 saturated heterocycles. The molecule has 20 nitrogen and oxygen atoms in total. The predicted octanol–water partition coefficient (Wildman–Crippen LogP) is 3.24. The summed E-state index contributed by atoms with van der Waals surface area (Å²) >= 11 is 0. The molecular formula is C56H95N3O17. The summed E-state index contributed by atoms with van der Waals surface area (Å²) in [5.74, 6) is -7.07. The van der Waals surface area contributed by atoms with Crippen molar-refractivity contribution in [3.8, 4) is 0 Å². The molecule has 0 radical (unpaired) electrons. The molecule has 2 rings (SSSR count). The average molecular weight is 1080 g/mol. The number of carboxylic acids is 1. The van der Waals surface area contributed by atoms with Gasteiger partial charge in [-0.05, 0) is 75.7 Å². The number of allylic oxidation sites excluding steroid dienone is 6. The van der Waals surface area contributed by atoms with Crippen LogP contribution in [0.1, 0.15) is 138 Å². The number of rotatable bonds is 12. The zero-order valence-electron chi connectivity index (χ0n) is 46.1. The van der Waals surface area contributed by atoms with Crippen molar-refractivity contribution in [2.45, 2.75) is 217 Å². The number of esters is 2. The second-order valence-electron chi connectivity index (χ2n) is 21.3. The standard InChI is InChI=1S/C56H95N3O17/c1-34-18-14-15-22-51(70)75-53(37(4)19-13-11-9-10-12-16-25-59-55(57-7)58-8)38(5)21-17-20-35(2)45(63)28-41(61)26-40(60)27-42(74-52(71)32-50(68)69)29-43-30-48(66)54(72)56(73,76-43)33-49(67)36(3)23-24-44(62)39(6)47(65)31-46(34)64/h9-10,14-15,17-18,20-22,34,36-49,53-54,60-67,72-73H,11-13,16,19,23-33H2,1-8H3,(H,68,69)(H2,57,58,59)/b10-9+,18-14+,21-17+,22-15+,35-20+/t34-,36-,37-,38-,39-,40+,41-,42-,43-,44-,45+,46+,47-,48-,49+,53-,54-,56+/m0/s1. The smallest absolute Gasteiger partial charge is 0.331 e. The van der Waals surface area contributed by atoms with E-state index in [0.717, 1.165) is 44.6 Å². The van der Waals surface area contributed by atoms with E-state index in [-0.39, 0.29) is 63.2 Å². The van der Waals surface area contributed by atoms with Crippen molar-refractivity contribution in [3.63, 3.8) is 0 Å². The number of aliphatic hydroxyl groups excluding tert-OH is 9. The summed E-state index contributed by atoms with van der Waals surface area (Å²) in [6.45, 7) is 11.4. The topological polar surface area (TPSA) is 338 Å². The maximum absolute atomic E-state index is 13.3. The molecule has 0 spiro atoms. The van der Waals surface area contributed by atoms with E-state index in [1.807, 2.05) is 27.0 Å². The van der Waals surface area contributed by atoms with Gasteiger partial charge in [0.1, 0.15) is 24.7 Å². The van der Waals surface area contributed by atoms with E-state index >= 15 is 0 Å². The molecule has 0 saturated carbocycles. The first-order valence-corrected chi connectivity index (χ1v) is 27.2. The van der Waals surface area contributed by atoms with E-state index in [9.17, 15) is 70.6 Å². The zero-order valence-corrected chi connectivity index (χ0v) is 46.1. The van der Waals surface area contributed by atoms with Crippen LogP contribution in [-0.2, 0) is 28.6 Å². The molecule has 0 aliphatic carbocycles. The lowest BCUT2D eigenvalue weighted by Crippen LogP contribution is -2.60. The lowest BCUT2D eigenvalue weighted by Gasteiger charge is -2.45. The Balaban J connectivity index is 2.39. The second kappa shape index (κ2) is 35.4. The van der Waals surface area contributed by atoms with Gasteiger partial charge in [-0.25, -0.2) is 4.79 Å². The third kappa shape index (κ3) is 25.6. The molecule has 76 heavy (non-hydrogen) atoms. The number of carbonyl (C=O) groups is 3. The number of fused-ring (bicyclic) bond motifs is 2. The second-order valence-corrected chi connectivity index (χ2v) is 21.3. The molecule has 2 bridgehead atoms. The minimum absolute atomic E-state index is 0.0526.